The average molecular weight is 245 g/mol. The summed E-state index contributed by atoms with van der Waals surface area (Å²) in [5.41, 5.74) is -1.28. The third kappa shape index (κ3) is 1.81. The Morgan fingerprint density at radius 3 is 2.31 bits per heavy atom. The molecule has 0 spiro atoms. The molecule has 2 rings (SSSR count). The molecule has 16 heavy (non-hydrogen) atoms. The van der Waals surface area contributed by atoms with Crippen LogP contribution in [-0.4, -0.2) is 23.3 Å². The predicted octanol–water partition coefficient (Wildman–Crippen LogP) is 2.06. The lowest BCUT2D eigenvalue weighted by Crippen LogP contribution is -2.41. The van der Waals surface area contributed by atoms with E-state index in [2.05, 4.69) is 4.98 Å². The number of aryl methyl sites for hydroxylation is 2. The third-order valence-electron chi connectivity index (χ3n) is 3.13. The minimum atomic E-state index is -2.47. The monoisotopic (exact) mass is 245 g/mol. The fourth-order valence-corrected chi connectivity index (χ4v) is 2.03. The van der Waals surface area contributed by atoms with Gasteiger partial charge in [0, 0.05) is 13.1 Å². The highest BCUT2D eigenvalue weighted by atomic mass is 32.1. The minimum absolute atomic E-state index is 0.0368. The Labute approximate surface area is 110 Å². The number of thiazole rings is 1. The second kappa shape index (κ2) is 3.55. The normalized spacial score (nSPS) is 29.9. The Balaban J connectivity index is 2.50. The molecule has 1 aromatic heterocycles. The molecule has 0 unspecified atom stereocenters. The summed E-state index contributed by atoms with van der Waals surface area (Å²) in [4.78, 5) is 3.91. The van der Waals surface area contributed by atoms with Gasteiger partial charge in [-0.2, -0.15) is 0 Å². The van der Waals surface area contributed by atoms with Gasteiger partial charge in [-0.25, -0.2) is 0 Å². The van der Waals surface area contributed by atoms with Crippen LogP contribution in [0.15, 0.2) is 0 Å². The lowest BCUT2D eigenvalue weighted by molar-refractivity contribution is 0.00578. The van der Waals surface area contributed by atoms with Crippen LogP contribution in [0.3, 0.4) is 0 Å². The average Bonchev–Trinajstić information content (AvgIpc) is 2.77. The van der Waals surface area contributed by atoms with Gasteiger partial charge in [0.15, 0.2) is 0 Å². The van der Waals surface area contributed by atoms with Crippen molar-refractivity contribution in [3.63, 3.8) is 0 Å². The van der Waals surface area contributed by atoms with E-state index in [9.17, 15) is 0 Å². The molecule has 0 N–H and O–H groups in total. The molecule has 3 nitrogen and oxygen atoms in total. The highest BCUT2D eigenvalue weighted by molar-refractivity contribution is 7.12. The van der Waals surface area contributed by atoms with E-state index in [1.807, 2.05) is 27.7 Å². The Morgan fingerprint density at radius 1 is 1.19 bits per heavy atom. The summed E-state index contributed by atoms with van der Waals surface area (Å²) < 4.78 is 56.7. The van der Waals surface area contributed by atoms with Crippen molar-refractivity contribution in [2.75, 3.05) is 0 Å². The smallest absolute Gasteiger partial charge is 0.398 e. The van der Waals surface area contributed by atoms with E-state index in [0.29, 0.717) is 11.3 Å². The quantitative estimate of drug-likeness (QED) is 0.710. The molecule has 2 heterocycles. The fourth-order valence-electron chi connectivity index (χ4n) is 1.45. The number of hydrogen-bond donors (Lipinski definition) is 0. The van der Waals surface area contributed by atoms with E-state index < -0.39 is 32.0 Å². The van der Waals surface area contributed by atoms with Gasteiger partial charge in [0.2, 0.25) is 0 Å². The van der Waals surface area contributed by atoms with E-state index in [4.69, 9.17) is 17.5 Å². The molecule has 0 atom stereocenters. The second-order valence-corrected chi connectivity index (χ2v) is 5.82. The zero-order valence-electron chi connectivity index (χ0n) is 15.7. The lowest BCUT2D eigenvalue weighted by atomic mass is 9.84. The molecule has 0 aromatic carbocycles. The number of nitrogens with zero attached hydrogens (tertiary/aromatic N) is 1. The Hall–Kier alpha value is -0.385. The first-order chi connectivity index (χ1) is 9.65. The van der Waals surface area contributed by atoms with Crippen LogP contribution in [0.25, 0.3) is 0 Å². The van der Waals surface area contributed by atoms with Crippen LogP contribution in [0, 0.1) is 13.7 Å². The predicted molar refractivity (Wildman–Crippen MR) is 67.3 cm³/mol. The molecule has 1 aliphatic rings. The molecule has 0 bridgehead atoms. The summed E-state index contributed by atoms with van der Waals surface area (Å²) in [6.07, 6.45) is 0. The first-order valence-corrected chi connectivity index (χ1v) is 5.84. The van der Waals surface area contributed by atoms with E-state index in [0.717, 1.165) is 0 Å². The summed E-state index contributed by atoms with van der Waals surface area (Å²) in [6.45, 7) is 2.39. The van der Waals surface area contributed by atoms with Gasteiger partial charge in [-0.3, -0.25) is 4.98 Å². The third-order valence-corrected chi connectivity index (χ3v) is 3.83. The van der Waals surface area contributed by atoms with Gasteiger partial charge in [0.05, 0.1) is 21.8 Å². The van der Waals surface area contributed by atoms with Crippen LogP contribution in [0.5, 0.6) is 0 Å². The summed E-state index contributed by atoms with van der Waals surface area (Å²) >= 11 is 0.664. The maximum Gasteiger partial charge on any atom is 0.515 e. The summed E-state index contributed by atoms with van der Waals surface area (Å²) in [7, 11) is -0.993. The van der Waals surface area contributed by atoms with E-state index in [1.54, 1.807) is 0 Å². The van der Waals surface area contributed by atoms with Gasteiger partial charge < -0.3 is 9.31 Å². The second-order valence-electron chi connectivity index (χ2n) is 4.82. The summed E-state index contributed by atoms with van der Waals surface area (Å²) in [5, 5.41) is -0.219. The molecule has 1 saturated heterocycles. The molecule has 1 fully saturated rings. The first-order valence-electron chi connectivity index (χ1n) is 8.02. The Morgan fingerprint density at radius 2 is 1.81 bits per heavy atom. The molecule has 1 aromatic rings. The molecular weight excluding hydrogens is 221 g/mol. The zero-order chi connectivity index (χ0) is 17.1. The molecule has 0 aliphatic carbocycles. The van der Waals surface area contributed by atoms with Crippen molar-refractivity contribution in [1.29, 1.82) is 0 Å². The molecule has 88 valence electrons. The highest BCUT2D eigenvalue weighted by Gasteiger charge is 2.53. The van der Waals surface area contributed by atoms with Gasteiger partial charge in [-0.15, -0.1) is 11.3 Å². The largest absolute Gasteiger partial charge is 0.515 e. The topological polar surface area (TPSA) is 31.4 Å². The van der Waals surface area contributed by atoms with Gasteiger partial charge in [0.1, 0.15) is 0 Å². The molecular formula is C11H18BNO2S. The SMILES string of the molecule is [2H]C([2H])([2H])c1nc(B2OC(C)(C)C(C)(C)O2)c(C([2H])([2H])[2H])s1. The minimum Gasteiger partial charge on any atom is -0.398 e. The van der Waals surface area contributed by atoms with E-state index >= 15 is 0 Å². The van der Waals surface area contributed by atoms with Gasteiger partial charge in [-0.1, -0.05) is 0 Å². The first kappa shape index (κ1) is 6.52. The molecule has 0 radical (unpaired) electrons. The van der Waals surface area contributed by atoms with Crippen molar-refractivity contribution in [2.24, 2.45) is 0 Å². The van der Waals surface area contributed by atoms with Gasteiger partial charge >= 0.3 is 7.12 Å². The number of hydrogen-bond acceptors (Lipinski definition) is 4. The molecule has 1 aliphatic heterocycles. The summed E-state index contributed by atoms with van der Waals surface area (Å²) in [5.74, 6) is 0. The summed E-state index contributed by atoms with van der Waals surface area (Å²) in [6, 6.07) is 0. The van der Waals surface area contributed by atoms with Crippen LogP contribution in [0.1, 0.15) is 45.8 Å². The van der Waals surface area contributed by atoms with Gasteiger partial charge in [-0.05, 0) is 41.4 Å². The van der Waals surface area contributed by atoms with E-state index in [-0.39, 0.29) is 15.5 Å². The number of aromatic nitrogens is 1. The fraction of sp³-hybridized carbons (Fsp3) is 0.727. The zero-order valence-corrected chi connectivity index (χ0v) is 10.6. The van der Waals surface area contributed by atoms with Crippen LogP contribution >= 0.6 is 11.3 Å². The van der Waals surface area contributed by atoms with Crippen molar-refractivity contribution >= 4 is 24.0 Å². The Kier molecular flexibility index (Phi) is 1.45. The Bertz CT molecular complexity index is 564. The number of rotatable bonds is 1. The van der Waals surface area contributed by atoms with E-state index in [1.165, 1.54) is 0 Å². The van der Waals surface area contributed by atoms with Crippen molar-refractivity contribution in [3.8, 4) is 0 Å². The van der Waals surface area contributed by atoms with Gasteiger partial charge in [0.25, 0.3) is 0 Å². The molecule has 0 saturated carbocycles. The standard InChI is InChI=1S/C11H18BNO2S/c1-7-9(13-8(2)16-7)12-14-10(3,4)11(5,6)15-12/h1-6H3/i1D3,2D3. The van der Waals surface area contributed by atoms with Crippen molar-refractivity contribution in [1.82, 2.24) is 4.98 Å². The molecule has 0 amide bonds. The van der Waals surface area contributed by atoms with Crippen LogP contribution < -0.4 is 5.59 Å². The van der Waals surface area contributed by atoms with Crippen LogP contribution in [-0.2, 0) is 9.31 Å². The van der Waals surface area contributed by atoms with Crippen molar-refractivity contribution in [3.05, 3.63) is 9.88 Å². The van der Waals surface area contributed by atoms with Crippen LogP contribution in [0.2, 0.25) is 0 Å². The lowest BCUT2D eigenvalue weighted by Gasteiger charge is -2.32. The van der Waals surface area contributed by atoms with Crippen LogP contribution in [0.4, 0.5) is 0 Å². The maximum atomic E-state index is 7.60. The maximum absolute atomic E-state index is 7.60. The van der Waals surface area contributed by atoms with Crippen molar-refractivity contribution < 1.29 is 17.5 Å². The van der Waals surface area contributed by atoms with Crippen molar-refractivity contribution in [2.45, 2.75) is 52.6 Å². The highest BCUT2D eigenvalue weighted by Crippen LogP contribution is 2.36. The molecule has 5 heteroatoms.